The lowest BCUT2D eigenvalue weighted by molar-refractivity contribution is 0.227. The number of hydrogen-bond acceptors (Lipinski definition) is 3. The van der Waals surface area contributed by atoms with Gasteiger partial charge in [0, 0.05) is 24.0 Å². The van der Waals surface area contributed by atoms with E-state index in [1.807, 2.05) is 24.3 Å². The van der Waals surface area contributed by atoms with Gasteiger partial charge >= 0.3 is 0 Å². The van der Waals surface area contributed by atoms with Crippen molar-refractivity contribution in [1.29, 1.82) is 0 Å². The van der Waals surface area contributed by atoms with E-state index < -0.39 is 0 Å². The molecule has 2 N–H and O–H groups in total. The van der Waals surface area contributed by atoms with Gasteiger partial charge in [-0.15, -0.1) is 0 Å². The first-order valence-corrected chi connectivity index (χ1v) is 7.44. The summed E-state index contributed by atoms with van der Waals surface area (Å²) in [4.78, 5) is 0. The molecule has 0 saturated heterocycles. The molecule has 0 bridgehead atoms. The van der Waals surface area contributed by atoms with Crippen LogP contribution < -0.4 is 10.1 Å². The normalized spacial score (nSPS) is 16.8. The van der Waals surface area contributed by atoms with E-state index in [0.29, 0.717) is 5.75 Å². The molecule has 3 rings (SSSR count). The highest BCUT2D eigenvalue weighted by atomic mass is 79.9. The number of phenolic OH excluding ortho intramolecular Hbond substituents is 1. The van der Waals surface area contributed by atoms with Crippen LogP contribution in [0.15, 0.2) is 46.9 Å². The van der Waals surface area contributed by atoms with Gasteiger partial charge in [0.2, 0.25) is 0 Å². The molecule has 1 unspecified atom stereocenters. The molecule has 1 heterocycles. The van der Waals surface area contributed by atoms with Crippen molar-refractivity contribution in [2.45, 2.75) is 19.1 Å². The fourth-order valence-electron chi connectivity index (χ4n) is 2.39. The average molecular weight is 334 g/mol. The zero-order valence-electron chi connectivity index (χ0n) is 11.0. The first-order valence-electron chi connectivity index (χ1n) is 6.64. The zero-order valence-corrected chi connectivity index (χ0v) is 12.6. The molecule has 2 aromatic rings. The quantitative estimate of drug-likeness (QED) is 0.902. The maximum absolute atomic E-state index is 9.23. The SMILES string of the molecule is Oc1ccc(CNCC2Cc3cc(Br)ccc3O2)cc1. The first-order chi connectivity index (χ1) is 9.70. The minimum Gasteiger partial charge on any atom is -0.508 e. The number of rotatable bonds is 4. The van der Waals surface area contributed by atoms with Crippen molar-refractivity contribution in [3.05, 3.63) is 58.1 Å². The van der Waals surface area contributed by atoms with E-state index in [0.717, 1.165) is 35.3 Å². The van der Waals surface area contributed by atoms with Crippen molar-refractivity contribution < 1.29 is 9.84 Å². The number of phenols is 1. The van der Waals surface area contributed by atoms with Gasteiger partial charge < -0.3 is 15.2 Å². The Morgan fingerprint density at radius 1 is 1.20 bits per heavy atom. The second-order valence-corrected chi connectivity index (χ2v) is 5.91. The summed E-state index contributed by atoms with van der Waals surface area (Å²) in [5, 5.41) is 12.6. The monoisotopic (exact) mass is 333 g/mol. The Morgan fingerprint density at radius 2 is 2.00 bits per heavy atom. The highest BCUT2D eigenvalue weighted by Crippen LogP contribution is 2.30. The van der Waals surface area contributed by atoms with Crippen molar-refractivity contribution in [2.75, 3.05) is 6.54 Å². The third-order valence-electron chi connectivity index (χ3n) is 3.40. The Balaban J connectivity index is 1.50. The summed E-state index contributed by atoms with van der Waals surface area (Å²) in [6.45, 7) is 1.59. The molecular weight excluding hydrogens is 318 g/mol. The van der Waals surface area contributed by atoms with Gasteiger partial charge in [-0.3, -0.25) is 0 Å². The number of nitrogens with one attached hydrogen (secondary N) is 1. The number of halogens is 1. The van der Waals surface area contributed by atoms with E-state index >= 15 is 0 Å². The van der Waals surface area contributed by atoms with Crippen molar-refractivity contribution in [1.82, 2.24) is 5.32 Å². The van der Waals surface area contributed by atoms with Crippen LogP contribution >= 0.6 is 15.9 Å². The van der Waals surface area contributed by atoms with Crippen LogP contribution in [0.2, 0.25) is 0 Å². The second kappa shape index (κ2) is 5.85. The van der Waals surface area contributed by atoms with E-state index in [9.17, 15) is 5.11 Å². The van der Waals surface area contributed by atoms with Crippen molar-refractivity contribution in [3.63, 3.8) is 0 Å². The van der Waals surface area contributed by atoms with E-state index in [2.05, 4.69) is 27.3 Å². The Kier molecular flexibility index (Phi) is 3.94. The highest BCUT2D eigenvalue weighted by molar-refractivity contribution is 9.10. The van der Waals surface area contributed by atoms with Crippen molar-refractivity contribution >= 4 is 15.9 Å². The predicted octanol–water partition coefficient (Wildman–Crippen LogP) is 3.25. The molecular formula is C16H16BrNO2. The van der Waals surface area contributed by atoms with Crippen LogP contribution in [0.3, 0.4) is 0 Å². The Hall–Kier alpha value is -1.52. The maximum atomic E-state index is 9.23. The van der Waals surface area contributed by atoms with Crippen LogP contribution in [-0.4, -0.2) is 17.8 Å². The van der Waals surface area contributed by atoms with Gasteiger partial charge in [0.1, 0.15) is 17.6 Å². The molecule has 0 fully saturated rings. The summed E-state index contributed by atoms with van der Waals surface area (Å²) in [5.41, 5.74) is 2.41. The topological polar surface area (TPSA) is 41.5 Å². The summed E-state index contributed by atoms with van der Waals surface area (Å²) < 4.78 is 6.99. The molecule has 104 valence electrons. The fraction of sp³-hybridized carbons (Fsp3) is 0.250. The smallest absolute Gasteiger partial charge is 0.123 e. The maximum Gasteiger partial charge on any atom is 0.123 e. The molecule has 0 amide bonds. The highest BCUT2D eigenvalue weighted by Gasteiger charge is 2.22. The molecule has 0 saturated carbocycles. The van der Waals surface area contributed by atoms with Crippen LogP contribution in [0.5, 0.6) is 11.5 Å². The number of fused-ring (bicyclic) bond motifs is 1. The number of aromatic hydroxyl groups is 1. The third kappa shape index (κ3) is 3.14. The van der Waals surface area contributed by atoms with E-state index in [4.69, 9.17) is 4.74 Å². The number of ether oxygens (including phenoxy) is 1. The summed E-state index contributed by atoms with van der Waals surface area (Å²) in [6.07, 6.45) is 1.13. The van der Waals surface area contributed by atoms with E-state index in [1.165, 1.54) is 5.56 Å². The zero-order chi connectivity index (χ0) is 13.9. The van der Waals surface area contributed by atoms with Gasteiger partial charge in [-0.05, 0) is 41.5 Å². The van der Waals surface area contributed by atoms with Crippen LogP contribution in [0.4, 0.5) is 0 Å². The van der Waals surface area contributed by atoms with Crippen LogP contribution in [0.1, 0.15) is 11.1 Å². The van der Waals surface area contributed by atoms with Gasteiger partial charge in [-0.2, -0.15) is 0 Å². The number of benzene rings is 2. The van der Waals surface area contributed by atoms with Crippen LogP contribution in [0.25, 0.3) is 0 Å². The van der Waals surface area contributed by atoms with Gasteiger partial charge in [0.05, 0.1) is 0 Å². The second-order valence-electron chi connectivity index (χ2n) is 4.99. The molecule has 1 aliphatic heterocycles. The molecule has 1 atom stereocenters. The fourth-order valence-corrected chi connectivity index (χ4v) is 2.80. The van der Waals surface area contributed by atoms with Gasteiger partial charge in [-0.1, -0.05) is 28.1 Å². The minimum atomic E-state index is 0.191. The number of hydrogen-bond donors (Lipinski definition) is 2. The lowest BCUT2D eigenvalue weighted by Crippen LogP contribution is -2.29. The Labute approximate surface area is 126 Å². The van der Waals surface area contributed by atoms with E-state index in [1.54, 1.807) is 12.1 Å². The third-order valence-corrected chi connectivity index (χ3v) is 3.89. The molecule has 0 spiro atoms. The van der Waals surface area contributed by atoms with Crippen LogP contribution in [0, 0.1) is 0 Å². The Morgan fingerprint density at radius 3 is 2.80 bits per heavy atom. The minimum absolute atomic E-state index is 0.191. The predicted molar refractivity (Wildman–Crippen MR) is 82.1 cm³/mol. The molecule has 1 aliphatic rings. The molecule has 4 heteroatoms. The standard InChI is InChI=1S/C16H16BrNO2/c17-13-3-6-16-12(7-13)8-15(20-16)10-18-9-11-1-4-14(19)5-2-11/h1-7,15,18-19H,8-10H2. The van der Waals surface area contributed by atoms with Gasteiger partial charge in [-0.25, -0.2) is 0 Å². The summed E-state index contributed by atoms with van der Waals surface area (Å²) in [5.74, 6) is 1.29. The molecule has 0 aromatic heterocycles. The molecule has 0 aliphatic carbocycles. The lowest BCUT2D eigenvalue weighted by atomic mass is 10.1. The van der Waals surface area contributed by atoms with Gasteiger partial charge in [0.25, 0.3) is 0 Å². The summed E-state index contributed by atoms with van der Waals surface area (Å²) in [7, 11) is 0. The molecule has 0 radical (unpaired) electrons. The van der Waals surface area contributed by atoms with Crippen molar-refractivity contribution in [3.8, 4) is 11.5 Å². The van der Waals surface area contributed by atoms with E-state index in [-0.39, 0.29) is 6.10 Å². The molecule has 2 aromatic carbocycles. The van der Waals surface area contributed by atoms with Crippen LogP contribution in [-0.2, 0) is 13.0 Å². The largest absolute Gasteiger partial charge is 0.508 e. The lowest BCUT2D eigenvalue weighted by Gasteiger charge is -2.12. The first kappa shape index (κ1) is 13.5. The van der Waals surface area contributed by atoms with Gasteiger partial charge in [0.15, 0.2) is 0 Å². The molecule has 20 heavy (non-hydrogen) atoms. The summed E-state index contributed by atoms with van der Waals surface area (Å²) in [6, 6.07) is 13.4. The Bertz CT molecular complexity index is 598. The molecule has 3 nitrogen and oxygen atoms in total. The average Bonchev–Trinajstić information content (AvgIpc) is 2.83. The summed E-state index contributed by atoms with van der Waals surface area (Å²) >= 11 is 3.48. The van der Waals surface area contributed by atoms with Crippen molar-refractivity contribution in [2.24, 2.45) is 0 Å².